The molecule has 1 aliphatic heterocycles. The second-order valence-electron chi connectivity index (χ2n) is 7.48. The van der Waals surface area contributed by atoms with Crippen molar-refractivity contribution in [1.82, 2.24) is 14.9 Å². The SMILES string of the molecule is COc1cccc(-n2cccc2[C@@H]2[C@H](c3ccccn3)NC(=S)N2c2ccc(Cl)cc2)c1. The molecular weight excluding hydrogens is 440 g/mol. The Labute approximate surface area is 197 Å². The zero-order valence-electron chi connectivity index (χ0n) is 17.4. The van der Waals surface area contributed by atoms with E-state index in [0.717, 1.165) is 28.5 Å². The quantitative estimate of drug-likeness (QED) is 0.386. The van der Waals surface area contributed by atoms with Crippen LogP contribution in [0, 0.1) is 0 Å². The summed E-state index contributed by atoms with van der Waals surface area (Å²) in [6.45, 7) is 0. The molecule has 1 fully saturated rings. The van der Waals surface area contributed by atoms with Crippen LogP contribution < -0.4 is 15.0 Å². The van der Waals surface area contributed by atoms with Gasteiger partial charge in [0, 0.05) is 40.6 Å². The molecule has 2 atom stereocenters. The lowest BCUT2D eigenvalue weighted by molar-refractivity contribution is 0.414. The van der Waals surface area contributed by atoms with Crippen molar-refractivity contribution in [2.45, 2.75) is 12.1 Å². The number of hydrogen-bond acceptors (Lipinski definition) is 3. The predicted molar refractivity (Wildman–Crippen MR) is 132 cm³/mol. The fraction of sp³-hybridized carbons (Fsp3) is 0.120. The zero-order chi connectivity index (χ0) is 22.1. The third-order valence-electron chi connectivity index (χ3n) is 5.62. The standard InChI is InChI=1S/C25H21ClN4OS/c1-31-20-7-4-6-19(16-20)29-15-5-9-22(29)24-23(21-8-2-3-14-27-21)28-25(32)30(24)18-12-10-17(26)11-13-18/h2-16,23-24H,1H3,(H,28,32)/t23-,24+/m0/s1. The van der Waals surface area contributed by atoms with Crippen LogP contribution in [0.3, 0.4) is 0 Å². The van der Waals surface area contributed by atoms with E-state index in [9.17, 15) is 0 Å². The molecule has 2 aromatic carbocycles. The molecule has 160 valence electrons. The Hall–Kier alpha value is -3.35. The number of nitrogens with one attached hydrogen (secondary N) is 1. The van der Waals surface area contributed by atoms with E-state index in [1.165, 1.54) is 0 Å². The first-order chi connectivity index (χ1) is 15.7. The molecule has 0 aliphatic carbocycles. The molecule has 0 bridgehead atoms. The van der Waals surface area contributed by atoms with Gasteiger partial charge in [0.15, 0.2) is 5.11 Å². The smallest absolute Gasteiger partial charge is 0.174 e. The van der Waals surface area contributed by atoms with E-state index in [-0.39, 0.29) is 12.1 Å². The zero-order valence-corrected chi connectivity index (χ0v) is 18.9. The molecule has 1 saturated heterocycles. The summed E-state index contributed by atoms with van der Waals surface area (Å²) in [5, 5.41) is 4.83. The van der Waals surface area contributed by atoms with Gasteiger partial charge in [-0.2, -0.15) is 0 Å². The molecule has 5 rings (SSSR count). The molecule has 2 aromatic heterocycles. The first-order valence-corrected chi connectivity index (χ1v) is 11.0. The summed E-state index contributed by atoms with van der Waals surface area (Å²) in [4.78, 5) is 6.76. The molecule has 0 amide bonds. The number of halogens is 1. The molecule has 0 radical (unpaired) electrons. The van der Waals surface area contributed by atoms with E-state index in [2.05, 4.69) is 38.1 Å². The maximum atomic E-state index is 6.16. The lowest BCUT2D eigenvalue weighted by atomic mass is 10.0. The number of methoxy groups -OCH3 is 1. The molecule has 7 heteroatoms. The Morgan fingerprint density at radius 3 is 2.56 bits per heavy atom. The van der Waals surface area contributed by atoms with E-state index in [1.54, 1.807) is 7.11 Å². The minimum atomic E-state index is -0.126. The monoisotopic (exact) mass is 460 g/mol. The minimum absolute atomic E-state index is 0.125. The van der Waals surface area contributed by atoms with Crippen LogP contribution in [0.5, 0.6) is 5.75 Å². The number of rotatable bonds is 5. The van der Waals surface area contributed by atoms with Crippen LogP contribution in [-0.4, -0.2) is 21.8 Å². The number of nitrogens with zero attached hydrogens (tertiary/aromatic N) is 3. The second kappa shape index (κ2) is 8.65. The number of pyridine rings is 1. The highest BCUT2D eigenvalue weighted by atomic mass is 35.5. The van der Waals surface area contributed by atoms with Gasteiger partial charge >= 0.3 is 0 Å². The first kappa shape index (κ1) is 20.5. The molecule has 0 spiro atoms. The van der Waals surface area contributed by atoms with Crippen molar-refractivity contribution in [1.29, 1.82) is 0 Å². The van der Waals surface area contributed by atoms with Crippen LogP contribution in [0.1, 0.15) is 23.5 Å². The van der Waals surface area contributed by atoms with Crippen LogP contribution in [-0.2, 0) is 0 Å². The van der Waals surface area contributed by atoms with Gasteiger partial charge < -0.3 is 19.5 Å². The van der Waals surface area contributed by atoms with Crippen molar-refractivity contribution < 1.29 is 4.74 Å². The van der Waals surface area contributed by atoms with E-state index < -0.39 is 0 Å². The summed E-state index contributed by atoms with van der Waals surface area (Å²) in [7, 11) is 1.67. The van der Waals surface area contributed by atoms with Gasteiger partial charge in [-0.15, -0.1) is 0 Å². The highest BCUT2D eigenvalue weighted by Crippen LogP contribution is 2.42. The van der Waals surface area contributed by atoms with E-state index in [1.807, 2.05) is 72.9 Å². The Morgan fingerprint density at radius 2 is 1.81 bits per heavy atom. The Bertz CT molecular complexity index is 1240. The molecule has 32 heavy (non-hydrogen) atoms. The van der Waals surface area contributed by atoms with Crippen LogP contribution >= 0.6 is 23.8 Å². The van der Waals surface area contributed by atoms with Gasteiger partial charge in [0.1, 0.15) is 11.8 Å². The van der Waals surface area contributed by atoms with Gasteiger partial charge in [-0.05, 0) is 72.9 Å². The second-order valence-corrected chi connectivity index (χ2v) is 8.30. The third-order valence-corrected chi connectivity index (χ3v) is 6.18. The summed E-state index contributed by atoms with van der Waals surface area (Å²) in [6.07, 6.45) is 3.87. The lowest BCUT2D eigenvalue weighted by Gasteiger charge is -2.29. The molecule has 0 saturated carbocycles. The number of anilines is 1. The summed E-state index contributed by atoms with van der Waals surface area (Å²) < 4.78 is 7.62. The molecule has 4 aromatic rings. The van der Waals surface area contributed by atoms with Gasteiger partial charge in [-0.1, -0.05) is 23.7 Å². The Morgan fingerprint density at radius 1 is 0.969 bits per heavy atom. The van der Waals surface area contributed by atoms with E-state index >= 15 is 0 Å². The van der Waals surface area contributed by atoms with Crippen molar-refractivity contribution in [3.05, 3.63) is 108 Å². The number of benzene rings is 2. The largest absolute Gasteiger partial charge is 0.497 e. The van der Waals surface area contributed by atoms with Crippen molar-refractivity contribution >= 4 is 34.6 Å². The van der Waals surface area contributed by atoms with Crippen LogP contribution in [0.4, 0.5) is 5.69 Å². The maximum absolute atomic E-state index is 6.16. The number of ether oxygens (including phenoxy) is 1. The number of aromatic nitrogens is 2. The highest BCUT2D eigenvalue weighted by molar-refractivity contribution is 7.80. The van der Waals surface area contributed by atoms with Gasteiger partial charge in [-0.25, -0.2) is 0 Å². The van der Waals surface area contributed by atoms with E-state index in [4.69, 9.17) is 28.6 Å². The van der Waals surface area contributed by atoms with Gasteiger partial charge in [-0.3, -0.25) is 4.98 Å². The third kappa shape index (κ3) is 3.72. The maximum Gasteiger partial charge on any atom is 0.174 e. The first-order valence-electron chi connectivity index (χ1n) is 10.2. The molecule has 1 aliphatic rings. The van der Waals surface area contributed by atoms with Crippen LogP contribution in [0.15, 0.2) is 91.3 Å². The molecule has 5 nitrogen and oxygen atoms in total. The summed E-state index contributed by atoms with van der Waals surface area (Å²) >= 11 is 12.0. The number of hydrogen-bond donors (Lipinski definition) is 1. The lowest BCUT2D eigenvalue weighted by Crippen LogP contribution is -2.30. The fourth-order valence-corrected chi connectivity index (χ4v) is 4.64. The summed E-state index contributed by atoms with van der Waals surface area (Å²) in [5.74, 6) is 0.804. The molecular formula is C25H21ClN4OS. The Kier molecular flexibility index (Phi) is 5.55. The topological polar surface area (TPSA) is 42.3 Å². The molecule has 0 unspecified atom stereocenters. The van der Waals surface area contributed by atoms with Crippen molar-refractivity contribution in [3.63, 3.8) is 0 Å². The van der Waals surface area contributed by atoms with Crippen molar-refractivity contribution in [3.8, 4) is 11.4 Å². The minimum Gasteiger partial charge on any atom is -0.497 e. The summed E-state index contributed by atoms with van der Waals surface area (Å²) in [6, 6.07) is 25.6. The van der Waals surface area contributed by atoms with Crippen LogP contribution in [0.2, 0.25) is 5.02 Å². The average Bonchev–Trinajstić information content (AvgIpc) is 3.44. The van der Waals surface area contributed by atoms with E-state index in [0.29, 0.717) is 10.1 Å². The molecule has 1 N–H and O–H groups in total. The average molecular weight is 461 g/mol. The Balaban J connectivity index is 1.66. The highest BCUT2D eigenvalue weighted by Gasteiger charge is 2.42. The van der Waals surface area contributed by atoms with Crippen molar-refractivity contribution in [2.75, 3.05) is 12.0 Å². The van der Waals surface area contributed by atoms with Gasteiger partial charge in [0.25, 0.3) is 0 Å². The van der Waals surface area contributed by atoms with Crippen LogP contribution in [0.25, 0.3) is 5.69 Å². The fourth-order valence-electron chi connectivity index (χ4n) is 4.17. The molecule has 3 heterocycles. The van der Waals surface area contributed by atoms with Gasteiger partial charge in [0.05, 0.1) is 18.8 Å². The van der Waals surface area contributed by atoms with Crippen molar-refractivity contribution in [2.24, 2.45) is 0 Å². The number of thiocarbonyl (C=S) groups is 1. The summed E-state index contributed by atoms with van der Waals surface area (Å²) in [5.41, 5.74) is 3.98. The van der Waals surface area contributed by atoms with Gasteiger partial charge in [0.2, 0.25) is 0 Å². The normalized spacial score (nSPS) is 17.9. The predicted octanol–water partition coefficient (Wildman–Crippen LogP) is 5.71.